The first kappa shape index (κ1) is 18.2. The first-order valence-corrected chi connectivity index (χ1v) is 9.27. The number of benzene rings is 1. The maximum Gasteiger partial charge on any atom is 0.416 e. The van der Waals surface area contributed by atoms with Crippen molar-refractivity contribution in [1.82, 2.24) is 19.7 Å². The minimum absolute atomic E-state index is 0.149. The van der Waals surface area contributed by atoms with Gasteiger partial charge in [0.15, 0.2) is 5.65 Å². The molecule has 2 aliphatic heterocycles. The van der Waals surface area contributed by atoms with E-state index in [2.05, 4.69) is 15.1 Å². The number of H-pyrrole nitrogens is 1. The number of ether oxygens (including phenoxy) is 1. The van der Waals surface area contributed by atoms with Crippen LogP contribution in [-0.2, 0) is 10.9 Å². The molecule has 0 saturated carbocycles. The third kappa shape index (κ3) is 2.89. The molecular weight excluding hydrogens is 387 g/mol. The van der Waals surface area contributed by atoms with Crippen LogP contribution in [0, 0.1) is 13.8 Å². The summed E-state index contributed by atoms with van der Waals surface area (Å²) < 4.78 is 46.2. The summed E-state index contributed by atoms with van der Waals surface area (Å²) in [4.78, 5) is 21.9. The number of nitrogens with zero attached hydrogens (tertiary/aromatic N) is 4. The molecular formula is C19H18F3N5O2. The third-order valence-corrected chi connectivity index (χ3v) is 5.60. The van der Waals surface area contributed by atoms with Crippen molar-refractivity contribution in [3.05, 3.63) is 45.4 Å². The second-order valence-electron chi connectivity index (χ2n) is 7.65. The Morgan fingerprint density at radius 1 is 1.24 bits per heavy atom. The van der Waals surface area contributed by atoms with Crippen LogP contribution in [0.3, 0.4) is 0 Å². The predicted octanol–water partition coefficient (Wildman–Crippen LogP) is 2.72. The number of hydrogen-bond acceptors (Lipinski definition) is 5. The van der Waals surface area contributed by atoms with Crippen LogP contribution in [0.1, 0.15) is 23.1 Å². The molecule has 152 valence electrons. The number of rotatable bonds is 2. The largest absolute Gasteiger partial charge is 0.416 e. The van der Waals surface area contributed by atoms with Gasteiger partial charge in [-0.1, -0.05) is 0 Å². The maximum atomic E-state index is 13.1. The Hall–Kier alpha value is -2.88. The third-order valence-electron chi connectivity index (χ3n) is 5.60. The van der Waals surface area contributed by atoms with Crippen molar-refractivity contribution in [1.29, 1.82) is 0 Å². The molecule has 4 heterocycles. The van der Waals surface area contributed by atoms with E-state index in [1.165, 1.54) is 10.9 Å². The molecule has 0 aliphatic carbocycles. The van der Waals surface area contributed by atoms with Crippen LogP contribution in [0.15, 0.2) is 23.1 Å². The van der Waals surface area contributed by atoms with Crippen molar-refractivity contribution in [2.75, 3.05) is 18.1 Å². The fourth-order valence-electron chi connectivity index (χ4n) is 4.30. The predicted molar refractivity (Wildman–Crippen MR) is 99.5 cm³/mol. The summed E-state index contributed by atoms with van der Waals surface area (Å²) in [5.74, 6) is 0.449. The van der Waals surface area contributed by atoms with Gasteiger partial charge in [0, 0.05) is 12.7 Å². The molecule has 2 fully saturated rings. The number of alkyl halides is 3. The molecule has 2 atom stereocenters. The van der Waals surface area contributed by atoms with Gasteiger partial charge in [0.2, 0.25) is 5.95 Å². The van der Waals surface area contributed by atoms with Crippen LogP contribution in [0.5, 0.6) is 0 Å². The lowest BCUT2D eigenvalue weighted by Gasteiger charge is -2.26. The fourth-order valence-corrected chi connectivity index (χ4v) is 4.30. The summed E-state index contributed by atoms with van der Waals surface area (Å²) in [5, 5.41) is 4.68. The molecule has 2 aliphatic rings. The highest BCUT2D eigenvalue weighted by atomic mass is 19.4. The average molecular weight is 405 g/mol. The van der Waals surface area contributed by atoms with Crippen LogP contribution in [-0.4, -0.2) is 45.0 Å². The smallest absolute Gasteiger partial charge is 0.374 e. The molecule has 7 nitrogen and oxygen atoms in total. The first-order chi connectivity index (χ1) is 13.7. The number of anilines is 1. The Morgan fingerprint density at radius 2 is 1.97 bits per heavy atom. The summed E-state index contributed by atoms with van der Waals surface area (Å²) in [6.07, 6.45) is -1.86. The highest BCUT2D eigenvalue weighted by Gasteiger charge is 2.40. The summed E-state index contributed by atoms with van der Waals surface area (Å²) in [6, 6.07) is 2.35. The Labute approximate surface area is 163 Å². The second kappa shape index (κ2) is 6.06. The molecule has 0 unspecified atom stereocenters. The van der Waals surface area contributed by atoms with E-state index in [-0.39, 0.29) is 28.7 Å². The number of morpholine rings is 1. The number of aromatic nitrogens is 4. The van der Waals surface area contributed by atoms with Gasteiger partial charge in [-0.3, -0.25) is 9.78 Å². The number of halogens is 3. The van der Waals surface area contributed by atoms with Gasteiger partial charge in [-0.05, 0) is 43.5 Å². The molecule has 0 amide bonds. The van der Waals surface area contributed by atoms with E-state index in [0.717, 1.165) is 18.6 Å². The number of nitrogens with one attached hydrogen (secondary N) is 1. The lowest BCUT2D eigenvalue weighted by Crippen LogP contribution is -2.38. The zero-order chi connectivity index (χ0) is 20.5. The Kier molecular flexibility index (Phi) is 3.79. The van der Waals surface area contributed by atoms with Crippen LogP contribution < -0.4 is 10.5 Å². The molecule has 2 bridgehead atoms. The average Bonchev–Trinajstić information content (AvgIpc) is 3.35. The number of aromatic amines is 1. The van der Waals surface area contributed by atoms with Gasteiger partial charge in [0.05, 0.1) is 30.0 Å². The summed E-state index contributed by atoms with van der Waals surface area (Å²) in [6.45, 7) is 4.45. The molecule has 29 heavy (non-hydrogen) atoms. The van der Waals surface area contributed by atoms with Gasteiger partial charge >= 0.3 is 6.18 Å². The van der Waals surface area contributed by atoms with E-state index < -0.39 is 11.7 Å². The topological polar surface area (TPSA) is 76.0 Å². The van der Waals surface area contributed by atoms with Crippen LogP contribution in [0.25, 0.3) is 16.7 Å². The highest BCUT2D eigenvalue weighted by molar-refractivity contribution is 5.75. The summed E-state index contributed by atoms with van der Waals surface area (Å²) >= 11 is 0. The zero-order valence-corrected chi connectivity index (χ0v) is 15.7. The second-order valence-corrected chi connectivity index (χ2v) is 7.65. The van der Waals surface area contributed by atoms with Crippen molar-refractivity contribution in [2.24, 2.45) is 0 Å². The summed E-state index contributed by atoms with van der Waals surface area (Å²) in [5.41, 5.74) is 0.544. The summed E-state index contributed by atoms with van der Waals surface area (Å²) in [7, 11) is 0. The monoisotopic (exact) mass is 405 g/mol. The van der Waals surface area contributed by atoms with E-state index in [0.29, 0.717) is 35.9 Å². The molecule has 0 radical (unpaired) electrons. The lowest BCUT2D eigenvalue weighted by atomic mass is 10.0. The maximum absolute atomic E-state index is 13.1. The standard InChI is InChI=1S/C19H18F3N5O2/c1-9-3-11(19(20,21)22)4-10(2)15(9)27-7-14-16(25-27)23-18(24-17(14)28)26-6-13-5-12(26)8-29-13/h3-4,7,12-13H,5-6,8H2,1-2H3,(H,23,24,25,28)/t12-,13-/m1/s1. The lowest BCUT2D eigenvalue weighted by molar-refractivity contribution is -0.137. The molecule has 0 spiro atoms. The molecule has 10 heteroatoms. The molecule has 1 N–H and O–H groups in total. The van der Waals surface area contributed by atoms with Gasteiger partial charge in [-0.2, -0.15) is 18.2 Å². The van der Waals surface area contributed by atoms with Gasteiger partial charge in [-0.25, -0.2) is 4.68 Å². The molecule has 3 aromatic rings. The molecule has 5 rings (SSSR count). The van der Waals surface area contributed by atoms with Gasteiger partial charge in [0.25, 0.3) is 5.56 Å². The van der Waals surface area contributed by atoms with Gasteiger partial charge in [0.1, 0.15) is 5.39 Å². The van der Waals surface area contributed by atoms with Crippen molar-refractivity contribution >= 4 is 17.0 Å². The Balaban J connectivity index is 1.59. The first-order valence-electron chi connectivity index (χ1n) is 9.27. The quantitative estimate of drug-likeness (QED) is 0.710. The molecule has 1 aromatic carbocycles. The van der Waals surface area contributed by atoms with Gasteiger partial charge in [-0.15, -0.1) is 5.10 Å². The van der Waals surface area contributed by atoms with E-state index in [4.69, 9.17) is 4.74 Å². The van der Waals surface area contributed by atoms with Crippen LogP contribution in [0.2, 0.25) is 0 Å². The number of hydrogen-bond donors (Lipinski definition) is 1. The van der Waals surface area contributed by atoms with Crippen molar-refractivity contribution in [3.8, 4) is 5.69 Å². The Bertz CT molecular complexity index is 1160. The number of fused-ring (bicyclic) bond motifs is 3. The fraction of sp³-hybridized carbons (Fsp3) is 0.421. The van der Waals surface area contributed by atoms with Crippen molar-refractivity contribution < 1.29 is 17.9 Å². The minimum Gasteiger partial charge on any atom is -0.374 e. The van der Waals surface area contributed by atoms with E-state index in [1.54, 1.807) is 13.8 Å². The van der Waals surface area contributed by atoms with Gasteiger partial charge < -0.3 is 9.64 Å². The van der Waals surface area contributed by atoms with E-state index >= 15 is 0 Å². The Morgan fingerprint density at radius 3 is 2.55 bits per heavy atom. The SMILES string of the molecule is Cc1cc(C(F)(F)F)cc(C)c1-n1cc2c(=O)[nH]c(N3C[C@H]4C[C@@H]3CO4)nc2n1. The normalized spacial score (nSPS) is 21.5. The van der Waals surface area contributed by atoms with E-state index in [9.17, 15) is 18.0 Å². The zero-order valence-electron chi connectivity index (χ0n) is 15.7. The highest BCUT2D eigenvalue weighted by Crippen LogP contribution is 2.33. The number of aryl methyl sites for hydroxylation is 2. The van der Waals surface area contributed by atoms with Crippen molar-refractivity contribution in [2.45, 2.75) is 38.6 Å². The van der Waals surface area contributed by atoms with Crippen LogP contribution in [0.4, 0.5) is 19.1 Å². The van der Waals surface area contributed by atoms with Crippen molar-refractivity contribution in [3.63, 3.8) is 0 Å². The molecule has 2 saturated heterocycles. The van der Waals surface area contributed by atoms with Crippen LogP contribution >= 0.6 is 0 Å². The molecule has 2 aromatic heterocycles. The minimum atomic E-state index is -4.42. The van der Waals surface area contributed by atoms with E-state index in [1.807, 2.05) is 4.90 Å².